The van der Waals surface area contributed by atoms with E-state index in [4.69, 9.17) is 18.9 Å². The third-order valence-electron chi connectivity index (χ3n) is 3.49. The molecule has 11 heteroatoms. The second-order valence-electron chi connectivity index (χ2n) is 5.69. The molecule has 0 amide bonds. The zero-order chi connectivity index (χ0) is 22.8. The number of nitrogens with zero attached hydrogens (tertiary/aromatic N) is 1. The largest absolute Gasteiger partial charge is 0.466 e. The van der Waals surface area contributed by atoms with Crippen LogP contribution in [0, 0.1) is 0 Å². The van der Waals surface area contributed by atoms with Gasteiger partial charge in [-0.15, -0.1) is 0 Å². The van der Waals surface area contributed by atoms with Gasteiger partial charge in [0.25, 0.3) is 0 Å². The van der Waals surface area contributed by atoms with Crippen molar-refractivity contribution in [2.24, 2.45) is 0 Å². The summed E-state index contributed by atoms with van der Waals surface area (Å²) in [6.07, 6.45) is 2.77. The molecule has 1 unspecified atom stereocenters. The molecule has 0 saturated carbocycles. The predicted octanol–water partition coefficient (Wildman–Crippen LogP) is -0.505. The van der Waals surface area contributed by atoms with E-state index in [-0.39, 0.29) is 13.2 Å². The van der Waals surface area contributed by atoms with E-state index in [2.05, 4.69) is 9.47 Å². The molecule has 0 aromatic rings. The molecule has 0 saturated heterocycles. The van der Waals surface area contributed by atoms with Gasteiger partial charge < -0.3 is 28.4 Å². The molecule has 0 aliphatic heterocycles. The second-order valence-corrected chi connectivity index (χ2v) is 5.69. The summed E-state index contributed by atoms with van der Waals surface area (Å²) in [4.78, 5) is 47.8. The smallest absolute Gasteiger partial charge is 0.331 e. The van der Waals surface area contributed by atoms with E-state index < -0.39 is 30.0 Å². The van der Waals surface area contributed by atoms with Gasteiger partial charge in [0.15, 0.2) is 0 Å². The zero-order valence-corrected chi connectivity index (χ0v) is 17.7. The Kier molecular flexibility index (Phi) is 15.6. The Morgan fingerprint density at radius 2 is 1.20 bits per heavy atom. The quantitative estimate of drug-likeness (QED) is 0.189. The minimum absolute atomic E-state index is 0.207. The topological polar surface area (TPSA) is 127 Å². The van der Waals surface area contributed by atoms with Crippen molar-refractivity contribution >= 4 is 23.9 Å². The lowest BCUT2D eigenvalue weighted by Crippen LogP contribution is -2.41. The Balaban J connectivity index is 5.07. The van der Waals surface area contributed by atoms with E-state index >= 15 is 0 Å². The Morgan fingerprint density at radius 3 is 1.67 bits per heavy atom. The van der Waals surface area contributed by atoms with Crippen molar-refractivity contribution in [1.82, 2.24) is 4.90 Å². The summed E-state index contributed by atoms with van der Waals surface area (Å²) in [5.74, 6) is -3.06. The van der Waals surface area contributed by atoms with Gasteiger partial charge in [-0.1, -0.05) is 0 Å². The monoisotopic (exact) mass is 431 g/mol. The number of methoxy groups -OCH3 is 4. The van der Waals surface area contributed by atoms with Gasteiger partial charge in [0.05, 0.1) is 27.4 Å². The van der Waals surface area contributed by atoms with Crippen LogP contribution >= 0.6 is 0 Å². The molecular formula is C19H29NO10. The van der Waals surface area contributed by atoms with Crippen molar-refractivity contribution in [3.63, 3.8) is 0 Å². The summed E-state index contributed by atoms with van der Waals surface area (Å²) < 4.78 is 29.2. The molecule has 0 aromatic heterocycles. The van der Waals surface area contributed by atoms with E-state index in [1.807, 2.05) is 4.90 Å². The van der Waals surface area contributed by atoms with E-state index in [0.29, 0.717) is 26.3 Å². The molecule has 0 spiro atoms. The van der Waals surface area contributed by atoms with Gasteiger partial charge in [0.2, 0.25) is 0 Å². The van der Waals surface area contributed by atoms with Crippen molar-refractivity contribution in [2.75, 3.05) is 67.9 Å². The maximum atomic E-state index is 12.0. The van der Waals surface area contributed by atoms with Crippen molar-refractivity contribution < 1.29 is 47.6 Å². The van der Waals surface area contributed by atoms with Crippen LogP contribution in [0.15, 0.2) is 24.3 Å². The molecule has 0 N–H and O–H groups in total. The minimum atomic E-state index is -0.857. The van der Waals surface area contributed by atoms with Gasteiger partial charge in [0, 0.05) is 58.2 Å². The first-order valence-electron chi connectivity index (χ1n) is 8.95. The lowest BCUT2D eigenvalue weighted by atomic mass is 10.3. The predicted molar refractivity (Wildman–Crippen MR) is 103 cm³/mol. The molecule has 0 heterocycles. The summed E-state index contributed by atoms with van der Waals surface area (Å²) in [6.45, 7) is 1.81. The molecular weight excluding hydrogens is 402 g/mol. The van der Waals surface area contributed by atoms with Gasteiger partial charge in [-0.05, 0) is 0 Å². The molecule has 0 aromatic carbocycles. The van der Waals surface area contributed by atoms with Crippen LogP contribution in [0.1, 0.15) is 0 Å². The van der Waals surface area contributed by atoms with Crippen LogP contribution in [0.2, 0.25) is 0 Å². The number of ether oxygens (including phenoxy) is 6. The van der Waals surface area contributed by atoms with Gasteiger partial charge in [-0.2, -0.15) is 0 Å². The van der Waals surface area contributed by atoms with Crippen molar-refractivity contribution in [2.45, 2.75) is 6.10 Å². The highest BCUT2D eigenvalue weighted by Crippen LogP contribution is 2.02. The van der Waals surface area contributed by atoms with Crippen LogP contribution in [0.4, 0.5) is 0 Å². The van der Waals surface area contributed by atoms with Gasteiger partial charge in [0.1, 0.15) is 12.7 Å². The first-order chi connectivity index (χ1) is 14.4. The lowest BCUT2D eigenvalue weighted by Gasteiger charge is -2.26. The molecule has 0 radical (unpaired) electrons. The molecule has 30 heavy (non-hydrogen) atoms. The Labute approximate surface area is 175 Å². The first-order valence-corrected chi connectivity index (χ1v) is 8.95. The SMILES string of the molecule is COCCN(CCOC)CC(COC(=O)/C=C/C(=O)OC)OC(=O)/C=C/C(=O)OC. The van der Waals surface area contributed by atoms with Crippen LogP contribution in [-0.4, -0.2) is 103 Å². The number of esters is 4. The average Bonchev–Trinajstić information content (AvgIpc) is 2.75. The molecule has 0 aliphatic carbocycles. The summed E-state index contributed by atoms with van der Waals surface area (Å²) in [7, 11) is 5.45. The Hall–Kier alpha value is -2.76. The fourth-order valence-corrected chi connectivity index (χ4v) is 1.98. The maximum absolute atomic E-state index is 12.0. The number of hydrogen-bond donors (Lipinski definition) is 0. The molecule has 1 atom stereocenters. The molecule has 0 fully saturated rings. The first kappa shape index (κ1) is 27.2. The molecule has 0 aliphatic rings. The number of rotatable bonds is 15. The molecule has 170 valence electrons. The van der Waals surface area contributed by atoms with Gasteiger partial charge >= 0.3 is 23.9 Å². The highest BCUT2D eigenvalue weighted by molar-refractivity contribution is 5.92. The summed E-state index contributed by atoms with van der Waals surface area (Å²) >= 11 is 0. The molecule has 0 bridgehead atoms. The van der Waals surface area contributed by atoms with Crippen molar-refractivity contribution in [3.05, 3.63) is 24.3 Å². The number of hydrogen-bond acceptors (Lipinski definition) is 11. The third kappa shape index (κ3) is 14.3. The lowest BCUT2D eigenvalue weighted by molar-refractivity contribution is -0.154. The van der Waals surface area contributed by atoms with E-state index in [1.54, 1.807) is 14.2 Å². The average molecular weight is 431 g/mol. The fraction of sp³-hybridized carbons (Fsp3) is 0.579. The summed E-state index contributed by atoms with van der Waals surface area (Å²) in [6, 6.07) is 0. The van der Waals surface area contributed by atoms with Crippen LogP contribution in [0.25, 0.3) is 0 Å². The number of carbonyl (C=O) groups excluding carboxylic acids is 4. The van der Waals surface area contributed by atoms with E-state index in [9.17, 15) is 19.2 Å². The number of carbonyl (C=O) groups is 4. The van der Waals surface area contributed by atoms with E-state index in [1.165, 1.54) is 14.2 Å². The van der Waals surface area contributed by atoms with Crippen molar-refractivity contribution in [3.8, 4) is 0 Å². The van der Waals surface area contributed by atoms with Crippen LogP contribution in [0.3, 0.4) is 0 Å². The third-order valence-corrected chi connectivity index (χ3v) is 3.49. The highest BCUT2D eigenvalue weighted by Gasteiger charge is 2.20. The van der Waals surface area contributed by atoms with Crippen molar-refractivity contribution in [1.29, 1.82) is 0 Å². The van der Waals surface area contributed by atoms with Crippen LogP contribution in [-0.2, 0) is 47.6 Å². The Bertz CT molecular complexity index is 594. The van der Waals surface area contributed by atoms with Crippen LogP contribution in [0.5, 0.6) is 0 Å². The summed E-state index contributed by atoms with van der Waals surface area (Å²) in [5, 5.41) is 0. The van der Waals surface area contributed by atoms with E-state index in [0.717, 1.165) is 24.3 Å². The second kappa shape index (κ2) is 17.1. The Morgan fingerprint density at radius 1 is 0.733 bits per heavy atom. The van der Waals surface area contributed by atoms with Gasteiger partial charge in [-0.25, -0.2) is 19.2 Å². The highest BCUT2D eigenvalue weighted by atomic mass is 16.6. The maximum Gasteiger partial charge on any atom is 0.331 e. The summed E-state index contributed by atoms with van der Waals surface area (Å²) in [5.41, 5.74) is 0. The normalized spacial score (nSPS) is 12.2. The van der Waals surface area contributed by atoms with Crippen LogP contribution < -0.4 is 0 Å². The standard InChI is InChI=1S/C19H29NO10/c1-25-11-9-20(10-12-26-2)13-15(30-19(24)8-6-17(22)28-4)14-29-18(23)7-5-16(21)27-3/h5-8,15H,9-14H2,1-4H3/b7-5+,8-6+. The molecule has 11 nitrogen and oxygen atoms in total. The van der Waals surface area contributed by atoms with Gasteiger partial charge in [-0.3, -0.25) is 4.90 Å². The minimum Gasteiger partial charge on any atom is -0.466 e. The fourth-order valence-electron chi connectivity index (χ4n) is 1.98. The molecule has 0 rings (SSSR count). The zero-order valence-electron chi connectivity index (χ0n) is 17.7.